The number of nitrogens with zero attached hydrogens (tertiary/aromatic N) is 1. The maximum Gasteiger partial charge on any atom is 0.195 e. The first kappa shape index (κ1) is 19.8. The Hall–Kier alpha value is -1.95. The minimum atomic E-state index is 0.578. The third-order valence-corrected chi connectivity index (χ3v) is 4.42. The summed E-state index contributed by atoms with van der Waals surface area (Å²) in [6.45, 7) is 9.02. The standard InChI is InChI=1S/C21H33N3O3/c1-16(2)15-25-10-3-9-22-21(23-14-17-5-6-17)24-18-7-8-19-20(13-18)27-12-4-11-26-19/h7-8,13,16-17H,3-6,9-12,14-15H2,1-2H3,(H2,22,23,24). The summed E-state index contributed by atoms with van der Waals surface area (Å²) in [6, 6.07) is 5.95. The van der Waals surface area contributed by atoms with Gasteiger partial charge in [0.1, 0.15) is 0 Å². The number of hydrogen-bond donors (Lipinski definition) is 2. The fourth-order valence-corrected chi connectivity index (χ4v) is 2.74. The lowest BCUT2D eigenvalue weighted by Crippen LogP contribution is -2.32. The van der Waals surface area contributed by atoms with E-state index >= 15 is 0 Å². The van der Waals surface area contributed by atoms with Gasteiger partial charge < -0.3 is 24.8 Å². The molecule has 0 bridgehead atoms. The van der Waals surface area contributed by atoms with E-state index in [0.717, 1.165) is 68.2 Å². The average molecular weight is 376 g/mol. The van der Waals surface area contributed by atoms with Gasteiger partial charge in [-0.15, -0.1) is 0 Å². The largest absolute Gasteiger partial charge is 0.490 e. The van der Waals surface area contributed by atoms with Crippen molar-refractivity contribution in [3.8, 4) is 11.5 Å². The van der Waals surface area contributed by atoms with Crippen LogP contribution in [0.4, 0.5) is 5.69 Å². The van der Waals surface area contributed by atoms with Gasteiger partial charge in [-0.25, -0.2) is 0 Å². The van der Waals surface area contributed by atoms with Gasteiger partial charge in [0.05, 0.1) is 13.2 Å². The minimum Gasteiger partial charge on any atom is -0.490 e. The van der Waals surface area contributed by atoms with Crippen LogP contribution < -0.4 is 20.1 Å². The lowest BCUT2D eigenvalue weighted by molar-refractivity contribution is 0.108. The maximum atomic E-state index is 5.78. The van der Waals surface area contributed by atoms with Gasteiger partial charge >= 0.3 is 0 Å². The van der Waals surface area contributed by atoms with Crippen molar-refractivity contribution in [1.29, 1.82) is 0 Å². The fraction of sp³-hybridized carbons (Fsp3) is 0.667. The number of ether oxygens (including phenoxy) is 3. The predicted molar refractivity (Wildman–Crippen MR) is 109 cm³/mol. The number of aliphatic imine (C=N–C) groups is 1. The molecule has 6 heteroatoms. The SMILES string of the molecule is CC(C)COCCCNC(=NCC1CC1)Nc1ccc2c(c1)OCCCO2. The third kappa shape index (κ3) is 7.29. The maximum absolute atomic E-state index is 5.78. The van der Waals surface area contributed by atoms with Crippen LogP contribution in [0.25, 0.3) is 0 Å². The highest BCUT2D eigenvalue weighted by molar-refractivity contribution is 5.94. The molecule has 0 aromatic heterocycles. The van der Waals surface area contributed by atoms with Gasteiger partial charge in [-0.1, -0.05) is 13.8 Å². The van der Waals surface area contributed by atoms with Crippen molar-refractivity contribution in [2.75, 3.05) is 44.8 Å². The number of benzene rings is 1. The summed E-state index contributed by atoms with van der Waals surface area (Å²) in [5.41, 5.74) is 0.956. The molecule has 0 amide bonds. The average Bonchev–Trinajstić information content (AvgIpc) is 3.48. The monoisotopic (exact) mass is 375 g/mol. The molecule has 0 saturated heterocycles. The molecular weight excluding hydrogens is 342 g/mol. The summed E-state index contributed by atoms with van der Waals surface area (Å²) >= 11 is 0. The number of guanidine groups is 1. The quantitative estimate of drug-likeness (QED) is 0.392. The van der Waals surface area contributed by atoms with E-state index in [0.29, 0.717) is 19.1 Å². The van der Waals surface area contributed by atoms with E-state index in [1.807, 2.05) is 18.2 Å². The Morgan fingerprint density at radius 1 is 1.22 bits per heavy atom. The van der Waals surface area contributed by atoms with Gasteiger partial charge in [0.15, 0.2) is 17.5 Å². The van der Waals surface area contributed by atoms with Gasteiger partial charge in [-0.05, 0) is 43.2 Å². The summed E-state index contributed by atoms with van der Waals surface area (Å²) in [7, 11) is 0. The van der Waals surface area contributed by atoms with Crippen LogP contribution >= 0.6 is 0 Å². The van der Waals surface area contributed by atoms with Crippen LogP contribution in [0.5, 0.6) is 11.5 Å². The van der Waals surface area contributed by atoms with Crippen molar-refractivity contribution in [3.63, 3.8) is 0 Å². The second-order valence-electron chi connectivity index (χ2n) is 7.72. The van der Waals surface area contributed by atoms with E-state index in [-0.39, 0.29) is 0 Å². The summed E-state index contributed by atoms with van der Waals surface area (Å²) in [5, 5.41) is 6.82. The molecule has 150 valence electrons. The zero-order chi connectivity index (χ0) is 18.9. The second-order valence-corrected chi connectivity index (χ2v) is 7.72. The molecule has 1 fully saturated rings. The summed E-state index contributed by atoms with van der Waals surface area (Å²) < 4.78 is 17.1. The molecule has 1 saturated carbocycles. The Kier molecular flexibility index (Phi) is 7.63. The van der Waals surface area contributed by atoms with Gasteiger partial charge in [-0.3, -0.25) is 4.99 Å². The van der Waals surface area contributed by atoms with Crippen molar-refractivity contribution in [1.82, 2.24) is 5.32 Å². The predicted octanol–water partition coefficient (Wildman–Crippen LogP) is 3.68. The molecule has 0 spiro atoms. The highest BCUT2D eigenvalue weighted by atomic mass is 16.5. The van der Waals surface area contributed by atoms with E-state index in [9.17, 15) is 0 Å². The van der Waals surface area contributed by atoms with Crippen LogP contribution in [0, 0.1) is 11.8 Å². The molecule has 27 heavy (non-hydrogen) atoms. The molecule has 1 aromatic rings. The Bertz CT molecular complexity index is 615. The smallest absolute Gasteiger partial charge is 0.195 e. The molecule has 0 radical (unpaired) electrons. The van der Waals surface area contributed by atoms with E-state index in [2.05, 4.69) is 24.5 Å². The number of anilines is 1. The lowest BCUT2D eigenvalue weighted by Gasteiger charge is -2.15. The molecule has 1 aromatic carbocycles. The highest BCUT2D eigenvalue weighted by Gasteiger charge is 2.20. The summed E-state index contributed by atoms with van der Waals surface area (Å²) in [6.07, 6.45) is 4.46. The molecule has 1 heterocycles. The molecule has 0 atom stereocenters. The van der Waals surface area contributed by atoms with Crippen LogP contribution in [0.3, 0.4) is 0 Å². The molecule has 1 aliphatic carbocycles. The van der Waals surface area contributed by atoms with Crippen molar-refractivity contribution in [2.45, 2.75) is 39.5 Å². The van der Waals surface area contributed by atoms with E-state index < -0.39 is 0 Å². The van der Waals surface area contributed by atoms with Crippen LogP contribution in [-0.4, -0.2) is 45.5 Å². The number of nitrogens with one attached hydrogen (secondary N) is 2. The zero-order valence-corrected chi connectivity index (χ0v) is 16.6. The Balaban J connectivity index is 1.52. The van der Waals surface area contributed by atoms with Crippen molar-refractivity contribution >= 4 is 11.6 Å². The minimum absolute atomic E-state index is 0.578. The molecule has 2 N–H and O–H groups in total. The van der Waals surface area contributed by atoms with Gasteiger partial charge in [-0.2, -0.15) is 0 Å². The first-order valence-corrected chi connectivity index (χ1v) is 10.2. The van der Waals surface area contributed by atoms with E-state index in [4.69, 9.17) is 19.2 Å². The van der Waals surface area contributed by atoms with Crippen LogP contribution in [0.15, 0.2) is 23.2 Å². The van der Waals surface area contributed by atoms with Gasteiger partial charge in [0.25, 0.3) is 0 Å². The van der Waals surface area contributed by atoms with Crippen LogP contribution in [0.2, 0.25) is 0 Å². The molecule has 6 nitrogen and oxygen atoms in total. The fourth-order valence-electron chi connectivity index (χ4n) is 2.74. The number of rotatable bonds is 9. The Labute approximate surface area is 162 Å². The van der Waals surface area contributed by atoms with E-state index in [1.165, 1.54) is 12.8 Å². The second kappa shape index (κ2) is 10.4. The van der Waals surface area contributed by atoms with Crippen molar-refractivity contribution in [3.05, 3.63) is 18.2 Å². The van der Waals surface area contributed by atoms with Crippen LogP contribution in [-0.2, 0) is 4.74 Å². The van der Waals surface area contributed by atoms with Gasteiger partial charge in [0, 0.05) is 44.5 Å². The normalized spacial score (nSPS) is 16.9. The number of fused-ring (bicyclic) bond motifs is 1. The molecular formula is C21H33N3O3. The van der Waals surface area contributed by atoms with E-state index in [1.54, 1.807) is 0 Å². The Morgan fingerprint density at radius 2 is 2.04 bits per heavy atom. The lowest BCUT2D eigenvalue weighted by atomic mass is 10.2. The Morgan fingerprint density at radius 3 is 2.81 bits per heavy atom. The molecule has 3 rings (SSSR count). The van der Waals surface area contributed by atoms with Crippen LogP contribution in [0.1, 0.15) is 39.5 Å². The van der Waals surface area contributed by atoms with Crippen molar-refractivity contribution in [2.24, 2.45) is 16.8 Å². The van der Waals surface area contributed by atoms with Gasteiger partial charge in [0.2, 0.25) is 0 Å². The van der Waals surface area contributed by atoms with Crippen molar-refractivity contribution < 1.29 is 14.2 Å². The molecule has 2 aliphatic rings. The number of hydrogen-bond acceptors (Lipinski definition) is 4. The zero-order valence-electron chi connectivity index (χ0n) is 16.6. The molecule has 0 unspecified atom stereocenters. The molecule has 1 aliphatic heterocycles. The summed E-state index contributed by atoms with van der Waals surface area (Å²) in [4.78, 5) is 4.74. The topological polar surface area (TPSA) is 64.1 Å². The summed E-state index contributed by atoms with van der Waals surface area (Å²) in [5.74, 6) is 3.75. The third-order valence-electron chi connectivity index (χ3n) is 4.42. The first-order valence-electron chi connectivity index (χ1n) is 10.2. The highest BCUT2D eigenvalue weighted by Crippen LogP contribution is 2.32. The first-order chi connectivity index (χ1) is 13.2.